The molecule has 9 heteroatoms. The van der Waals surface area contributed by atoms with Gasteiger partial charge in [-0.05, 0) is 12.5 Å². The van der Waals surface area contributed by atoms with Crippen LogP contribution in [0.1, 0.15) is 6.42 Å². The highest BCUT2D eigenvalue weighted by Crippen LogP contribution is 2.22. The van der Waals surface area contributed by atoms with Crippen LogP contribution in [-0.4, -0.2) is 44.0 Å². The van der Waals surface area contributed by atoms with Crippen LogP contribution in [0, 0.1) is 10.1 Å². The molecule has 2 N–H and O–H groups in total. The summed E-state index contributed by atoms with van der Waals surface area (Å²) in [5.41, 5.74) is -0.406. The average molecular weight is 331 g/mol. The van der Waals surface area contributed by atoms with Gasteiger partial charge >= 0.3 is 0 Å². The summed E-state index contributed by atoms with van der Waals surface area (Å²) in [5, 5.41) is 14.2. The molecular formula is C12H17N3O4S2. The molecule has 0 saturated carbocycles. The minimum absolute atomic E-state index is 0.257. The van der Waals surface area contributed by atoms with Crippen LogP contribution in [0.2, 0.25) is 0 Å². The van der Waals surface area contributed by atoms with E-state index in [1.54, 1.807) is 0 Å². The predicted octanol–water partition coefficient (Wildman–Crippen LogP) is 0.968. The molecule has 2 rings (SSSR count). The molecule has 1 aromatic rings. The van der Waals surface area contributed by atoms with Gasteiger partial charge in [0.15, 0.2) is 4.90 Å². The Morgan fingerprint density at radius 1 is 1.43 bits per heavy atom. The van der Waals surface area contributed by atoms with Crippen LogP contribution in [0.5, 0.6) is 0 Å². The molecule has 1 fully saturated rings. The summed E-state index contributed by atoms with van der Waals surface area (Å²) < 4.78 is 26.8. The molecule has 0 aliphatic carbocycles. The van der Waals surface area contributed by atoms with Crippen molar-refractivity contribution in [3.8, 4) is 0 Å². The molecule has 7 nitrogen and oxygen atoms in total. The van der Waals surface area contributed by atoms with Crippen molar-refractivity contribution >= 4 is 27.5 Å². The van der Waals surface area contributed by atoms with Crippen LogP contribution in [0.4, 0.5) is 5.69 Å². The summed E-state index contributed by atoms with van der Waals surface area (Å²) in [4.78, 5) is 9.91. The molecule has 1 aromatic carbocycles. The summed E-state index contributed by atoms with van der Waals surface area (Å²) in [5.74, 6) is 2.02. The first kappa shape index (κ1) is 16.2. The summed E-state index contributed by atoms with van der Waals surface area (Å²) in [6.07, 6.45) is 0.660. The number of nitro groups is 1. The van der Waals surface area contributed by atoms with E-state index in [2.05, 4.69) is 10.0 Å². The van der Waals surface area contributed by atoms with E-state index in [0.29, 0.717) is 6.42 Å². The van der Waals surface area contributed by atoms with Crippen molar-refractivity contribution < 1.29 is 13.3 Å². The highest BCUT2D eigenvalue weighted by Gasteiger charge is 2.25. The van der Waals surface area contributed by atoms with Crippen molar-refractivity contribution in [3.05, 3.63) is 34.4 Å². The van der Waals surface area contributed by atoms with Gasteiger partial charge in [0.25, 0.3) is 5.69 Å². The fourth-order valence-corrected chi connectivity index (χ4v) is 4.30. The van der Waals surface area contributed by atoms with Gasteiger partial charge in [-0.3, -0.25) is 10.1 Å². The number of hydrogen-bond acceptors (Lipinski definition) is 6. The average Bonchev–Trinajstić information content (AvgIpc) is 2.48. The van der Waals surface area contributed by atoms with Crippen molar-refractivity contribution in [1.82, 2.24) is 10.0 Å². The lowest BCUT2D eigenvalue weighted by molar-refractivity contribution is -0.387. The van der Waals surface area contributed by atoms with Crippen LogP contribution in [0.25, 0.3) is 0 Å². The third-order valence-electron chi connectivity index (χ3n) is 3.13. The van der Waals surface area contributed by atoms with Crippen molar-refractivity contribution in [2.24, 2.45) is 0 Å². The largest absolute Gasteiger partial charge is 0.312 e. The van der Waals surface area contributed by atoms with Crippen molar-refractivity contribution in [1.29, 1.82) is 0 Å². The molecule has 1 aliphatic rings. The lowest BCUT2D eigenvalue weighted by atomic mass is 10.2. The zero-order valence-corrected chi connectivity index (χ0v) is 13.0. The molecule has 0 aromatic heterocycles. The molecule has 0 amide bonds. The number of hydrogen-bond donors (Lipinski definition) is 2. The first-order valence-corrected chi connectivity index (χ1v) is 9.19. The minimum atomic E-state index is -3.86. The van der Waals surface area contributed by atoms with Crippen LogP contribution in [-0.2, 0) is 10.0 Å². The van der Waals surface area contributed by atoms with Crippen molar-refractivity contribution in [3.63, 3.8) is 0 Å². The second-order valence-corrected chi connectivity index (χ2v) is 7.52. The molecule has 0 bridgehead atoms. The monoisotopic (exact) mass is 331 g/mol. The Balaban J connectivity index is 2.00. The molecule has 116 valence electrons. The zero-order valence-electron chi connectivity index (χ0n) is 11.3. The maximum atomic E-state index is 12.2. The zero-order chi connectivity index (χ0) is 15.3. The molecule has 1 heterocycles. The normalized spacial score (nSPS) is 19.3. The standard InChI is InChI=1S/C12H17N3O4S2/c16-15(17)11-3-1-2-4-12(11)21(18,19)14-6-5-10-9-20-8-7-13-10/h1-4,10,13-14H,5-9H2. The van der Waals surface area contributed by atoms with Gasteiger partial charge in [-0.2, -0.15) is 11.8 Å². The number of rotatable bonds is 6. The first-order chi connectivity index (χ1) is 10.0. The van der Waals surface area contributed by atoms with Crippen LogP contribution in [0.3, 0.4) is 0 Å². The highest BCUT2D eigenvalue weighted by molar-refractivity contribution is 7.99. The van der Waals surface area contributed by atoms with Crippen LogP contribution < -0.4 is 10.0 Å². The van der Waals surface area contributed by atoms with Gasteiger partial charge in [-0.25, -0.2) is 13.1 Å². The molecular weight excluding hydrogens is 314 g/mol. The van der Waals surface area contributed by atoms with Gasteiger partial charge in [0, 0.05) is 36.7 Å². The van der Waals surface area contributed by atoms with E-state index >= 15 is 0 Å². The summed E-state index contributed by atoms with van der Waals surface area (Å²) >= 11 is 1.83. The van der Waals surface area contributed by atoms with Gasteiger partial charge < -0.3 is 5.32 Å². The van der Waals surface area contributed by atoms with Crippen molar-refractivity contribution in [2.75, 3.05) is 24.6 Å². The van der Waals surface area contributed by atoms with Crippen LogP contribution >= 0.6 is 11.8 Å². The summed E-state index contributed by atoms with van der Waals surface area (Å²) in [6.45, 7) is 1.18. The second-order valence-electron chi connectivity index (χ2n) is 4.64. The van der Waals surface area contributed by atoms with E-state index in [0.717, 1.165) is 18.1 Å². The number of nitrogens with zero attached hydrogens (tertiary/aromatic N) is 1. The van der Waals surface area contributed by atoms with Gasteiger partial charge in [0.1, 0.15) is 0 Å². The molecule has 1 atom stereocenters. The van der Waals surface area contributed by atoms with Gasteiger partial charge in [-0.15, -0.1) is 0 Å². The Kier molecular flexibility index (Phi) is 5.57. The Morgan fingerprint density at radius 3 is 2.86 bits per heavy atom. The van der Waals surface area contributed by atoms with E-state index < -0.39 is 20.6 Å². The van der Waals surface area contributed by atoms with E-state index in [1.165, 1.54) is 24.3 Å². The Hall–Kier alpha value is -1.16. The molecule has 1 saturated heterocycles. The van der Waals surface area contributed by atoms with E-state index in [-0.39, 0.29) is 17.5 Å². The van der Waals surface area contributed by atoms with E-state index in [1.807, 2.05) is 11.8 Å². The molecule has 1 aliphatic heterocycles. The molecule has 0 radical (unpaired) electrons. The highest BCUT2D eigenvalue weighted by atomic mass is 32.2. The minimum Gasteiger partial charge on any atom is -0.312 e. The quantitative estimate of drug-likeness (QED) is 0.595. The van der Waals surface area contributed by atoms with Gasteiger partial charge in [0.2, 0.25) is 10.0 Å². The van der Waals surface area contributed by atoms with E-state index in [9.17, 15) is 18.5 Å². The topological polar surface area (TPSA) is 101 Å². The summed E-state index contributed by atoms with van der Waals surface area (Å²) in [7, 11) is -3.86. The number of nitrogens with one attached hydrogen (secondary N) is 2. The third-order valence-corrected chi connectivity index (χ3v) is 5.77. The first-order valence-electron chi connectivity index (χ1n) is 6.55. The number of para-hydroxylation sites is 1. The SMILES string of the molecule is O=[N+]([O-])c1ccccc1S(=O)(=O)NCCC1CSCCN1. The number of benzene rings is 1. The molecule has 21 heavy (non-hydrogen) atoms. The van der Waals surface area contributed by atoms with E-state index in [4.69, 9.17) is 0 Å². The molecule has 0 spiro atoms. The van der Waals surface area contributed by atoms with Gasteiger partial charge in [0.05, 0.1) is 4.92 Å². The lowest BCUT2D eigenvalue weighted by Gasteiger charge is -2.23. The molecule has 1 unspecified atom stereocenters. The Bertz CT molecular complexity index is 600. The fraction of sp³-hybridized carbons (Fsp3) is 0.500. The second kappa shape index (κ2) is 7.21. The number of thioether (sulfide) groups is 1. The maximum Gasteiger partial charge on any atom is 0.289 e. The maximum absolute atomic E-state index is 12.2. The lowest BCUT2D eigenvalue weighted by Crippen LogP contribution is -2.40. The van der Waals surface area contributed by atoms with Crippen LogP contribution in [0.15, 0.2) is 29.2 Å². The number of sulfonamides is 1. The predicted molar refractivity (Wildman–Crippen MR) is 82.0 cm³/mol. The fourth-order valence-electron chi connectivity index (χ4n) is 2.09. The Labute approximate surface area is 127 Å². The summed E-state index contributed by atoms with van der Waals surface area (Å²) in [6, 6.07) is 5.63. The van der Waals surface area contributed by atoms with Gasteiger partial charge in [-0.1, -0.05) is 12.1 Å². The smallest absolute Gasteiger partial charge is 0.289 e. The van der Waals surface area contributed by atoms with Crippen molar-refractivity contribution in [2.45, 2.75) is 17.4 Å². The third kappa shape index (κ3) is 4.40. The number of nitro benzene ring substituents is 1. The Morgan fingerprint density at radius 2 is 2.19 bits per heavy atom.